The summed E-state index contributed by atoms with van der Waals surface area (Å²) in [6.07, 6.45) is 6.02. The van der Waals surface area contributed by atoms with Crippen LogP contribution in [0, 0.1) is 12.8 Å². The van der Waals surface area contributed by atoms with Gasteiger partial charge < -0.3 is 0 Å². The Morgan fingerprint density at radius 3 is 2.33 bits per heavy atom. The van der Waals surface area contributed by atoms with Gasteiger partial charge in [-0.3, -0.25) is 9.45 Å². The molecule has 0 bridgehead atoms. The van der Waals surface area contributed by atoms with Gasteiger partial charge in [0, 0.05) is 24.2 Å². The van der Waals surface area contributed by atoms with E-state index >= 15 is 0 Å². The summed E-state index contributed by atoms with van der Waals surface area (Å²) in [6.45, 7) is 2.42. The van der Waals surface area contributed by atoms with Crippen LogP contribution in [0.2, 0.25) is 0 Å². The van der Waals surface area contributed by atoms with E-state index in [1.54, 1.807) is 30.3 Å². The van der Waals surface area contributed by atoms with E-state index in [0.29, 0.717) is 17.6 Å². The predicted octanol–water partition coefficient (Wildman–Crippen LogP) is 2.86. The molecule has 9 nitrogen and oxygen atoms in total. The van der Waals surface area contributed by atoms with Gasteiger partial charge in [0.2, 0.25) is 0 Å². The summed E-state index contributed by atoms with van der Waals surface area (Å²) in [5.41, 5.74) is 2.05. The summed E-state index contributed by atoms with van der Waals surface area (Å²) in [5.74, 6) is -0.199. The fraction of sp³-hybridized carbons (Fsp3) is 0.455. The molecule has 1 aromatic carbocycles. The average Bonchev–Trinajstić information content (AvgIpc) is 3.19. The third-order valence-electron chi connectivity index (χ3n) is 6.39. The molecule has 2 aromatic heterocycles. The van der Waals surface area contributed by atoms with E-state index in [1.807, 2.05) is 14.0 Å². The first-order valence-electron chi connectivity index (χ1n) is 10.8. The molecular formula is C22H28N4O5S2. The number of benzene rings is 1. The van der Waals surface area contributed by atoms with Crippen molar-refractivity contribution in [2.45, 2.75) is 50.1 Å². The molecule has 1 aliphatic rings. The van der Waals surface area contributed by atoms with Crippen molar-refractivity contribution >= 4 is 31.2 Å². The van der Waals surface area contributed by atoms with Crippen LogP contribution in [-0.4, -0.2) is 59.1 Å². The Hall–Kier alpha value is -2.34. The van der Waals surface area contributed by atoms with Crippen molar-refractivity contribution in [2.75, 3.05) is 12.8 Å². The standard InChI is InChI=1S/C22H28N4O5S2/c1-16-3-9-19(10-4-16)33(30,31)26-12-11-20-21(23-15-24-22(20)26)13-25(2)18-7-5-17(6-8-18)14-32(27,28)29/h3-4,9-12,15,17-18H,5-8,13-14H2,1-2H3,(H,27,28,29). The highest BCUT2D eigenvalue weighted by Crippen LogP contribution is 2.29. The molecule has 0 amide bonds. The third-order valence-corrected chi connectivity index (χ3v) is 8.97. The monoisotopic (exact) mass is 492 g/mol. The van der Waals surface area contributed by atoms with Gasteiger partial charge in [0.1, 0.15) is 6.33 Å². The van der Waals surface area contributed by atoms with Crippen LogP contribution in [0.1, 0.15) is 36.9 Å². The molecule has 0 unspecified atom stereocenters. The first kappa shape index (κ1) is 23.8. The largest absolute Gasteiger partial charge is 0.298 e. The van der Waals surface area contributed by atoms with Crippen LogP contribution in [0.5, 0.6) is 0 Å². The number of hydrogen-bond donors (Lipinski definition) is 1. The van der Waals surface area contributed by atoms with Gasteiger partial charge in [-0.2, -0.15) is 8.42 Å². The molecule has 0 aliphatic heterocycles. The Labute approximate surface area is 194 Å². The predicted molar refractivity (Wildman–Crippen MR) is 125 cm³/mol. The summed E-state index contributed by atoms with van der Waals surface area (Å²) in [6, 6.07) is 8.69. The maximum Gasteiger partial charge on any atom is 0.269 e. The zero-order chi connectivity index (χ0) is 23.8. The van der Waals surface area contributed by atoms with Crippen LogP contribution in [0.25, 0.3) is 11.0 Å². The summed E-state index contributed by atoms with van der Waals surface area (Å²) in [5, 5.41) is 0.681. The lowest BCUT2D eigenvalue weighted by Crippen LogP contribution is -2.36. The maximum atomic E-state index is 13.2. The van der Waals surface area contributed by atoms with Gasteiger partial charge in [0.05, 0.1) is 16.3 Å². The summed E-state index contributed by atoms with van der Waals surface area (Å²) >= 11 is 0. The molecule has 0 radical (unpaired) electrons. The Morgan fingerprint density at radius 1 is 1.03 bits per heavy atom. The number of aromatic nitrogens is 3. The average molecular weight is 493 g/mol. The fourth-order valence-electron chi connectivity index (χ4n) is 4.54. The van der Waals surface area contributed by atoms with Crippen molar-refractivity contribution in [1.82, 2.24) is 18.8 Å². The minimum Gasteiger partial charge on any atom is -0.298 e. The van der Waals surface area contributed by atoms with Crippen LogP contribution < -0.4 is 0 Å². The Bertz CT molecular complexity index is 1340. The molecule has 0 atom stereocenters. The van der Waals surface area contributed by atoms with Gasteiger partial charge in [-0.25, -0.2) is 22.4 Å². The van der Waals surface area contributed by atoms with Crippen LogP contribution in [0.3, 0.4) is 0 Å². The van der Waals surface area contributed by atoms with E-state index in [2.05, 4.69) is 14.9 Å². The summed E-state index contributed by atoms with van der Waals surface area (Å²) in [4.78, 5) is 11.0. The van der Waals surface area contributed by atoms with Gasteiger partial charge in [0.15, 0.2) is 5.65 Å². The first-order chi connectivity index (χ1) is 15.5. The lowest BCUT2D eigenvalue weighted by atomic mass is 9.86. The molecule has 11 heteroatoms. The van der Waals surface area contributed by atoms with Crippen molar-refractivity contribution in [3.05, 3.63) is 54.1 Å². The molecule has 178 valence electrons. The number of hydrogen-bond acceptors (Lipinski definition) is 7. The maximum absolute atomic E-state index is 13.2. The highest BCUT2D eigenvalue weighted by Gasteiger charge is 2.28. The SMILES string of the molecule is Cc1ccc(S(=O)(=O)n2ccc3c(CN(C)C4CCC(CS(=O)(=O)O)CC4)ncnc32)cc1. The van der Waals surface area contributed by atoms with Gasteiger partial charge >= 0.3 is 0 Å². The quantitative estimate of drug-likeness (QED) is 0.500. The second kappa shape index (κ2) is 9.13. The van der Waals surface area contributed by atoms with E-state index in [4.69, 9.17) is 4.55 Å². The molecule has 3 aromatic rings. The Morgan fingerprint density at radius 2 is 1.70 bits per heavy atom. The van der Waals surface area contributed by atoms with Crippen LogP contribution >= 0.6 is 0 Å². The van der Waals surface area contributed by atoms with Gasteiger partial charge in [-0.05, 0) is 63.8 Å². The van der Waals surface area contributed by atoms with E-state index in [0.717, 1.165) is 36.9 Å². The van der Waals surface area contributed by atoms with Crippen molar-refractivity contribution in [3.8, 4) is 0 Å². The molecule has 2 heterocycles. The third kappa shape index (κ3) is 5.26. The summed E-state index contributed by atoms with van der Waals surface area (Å²) in [7, 11) is -5.74. The molecule has 0 saturated heterocycles. The Balaban J connectivity index is 1.52. The van der Waals surface area contributed by atoms with Crippen molar-refractivity contribution in [2.24, 2.45) is 5.92 Å². The lowest BCUT2D eigenvalue weighted by molar-refractivity contribution is 0.163. The first-order valence-corrected chi connectivity index (χ1v) is 13.9. The van der Waals surface area contributed by atoms with E-state index in [9.17, 15) is 16.8 Å². The van der Waals surface area contributed by atoms with E-state index in [1.165, 1.54) is 16.5 Å². The number of aryl methyl sites for hydroxylation is 1. The van der Waals surface area contributed by atoms with Crippen LogP contribution in [0.4, 0.5) is 0 Å². The van der Waals surface area contributed by atoms with Gasteiger partial charge in [-0.15, -0.1) is 0 Å². The van der Waals surface area contributed by atoms with E-state index < -0.39 is 20.1 Å². The molecule has 4 rings (SSSR count). The van der Waals surface area contributed by atoms with Crippen molar-refractivity contribution in [3.63, 3.8) is 0 Å². The second-order valence-electron chi connectivity index (χ2n) is 8.83. The zero-order valence-corrected chi connectivity index (χ0v) is 20.3. The zero-order valence-electron chi connectivity index (χ0n) is 18.6. The highest BCUT2D eigenvalue weighted by molar-refractivity contribution is 7.90. The topological polar surface area (TPSA) is 122 Å². The van der Waals surface area contributed by atoms with Crippen LogP contribution in [-0.2, 0) is 26.7 Å². The molecule has 33 heavy (non-hydrogen) atoms. The number of nitrogens with zero attached hydrogens (tertiary/aromatic N) is 4. The highest BCUT2D eigenvalue weighted by atomic mass is 32.2. The fourth-order valence-corrected chi connectivity index (χ4v) is 6.77. The minimum absolute atomic E-state index is 0.0172. The molecule has 0 spiro atoms. The summed E-state index contributed by atoms with van der Waals surface area (Å²) < 4.78 is 58.9. The van der Waals surface area contributed by atoms with Crippen LogP contribution in [0.15, 0.2) is 47.8 Å². The lowest BCUT2D eigenvalue weighted by Gasteiger charge is -2.34. The smallest absolute Gasteiger partial charge is 0.269 e. The molecule has 1 saturated carbocycles. The normalized spacial score (nSPS) is 19.9. The number of fused-ring (bicyclic) bond motifs is 1. The van der Waals surface area contributed by atoms with Gasteiger partial charge in [0.25, 0.3) is 20.1 Å². The molecular weight excluding hydrogens is 464 g/mol. The van der Waals surface area contributed by atoms with Crippen molar-refractivity contribution in [1.29, 1.82) is 0 Å². The minimum atomic E-state index is -3.95. The van der Waals surface area contributed by atoms with E-state index in [-0.39, 0.29) is 22.6 Å². The Kier molecular flexibility index (Phi) is 6.59. The second-order valence-corrected chi connectivity index (χ2v) is 12.1. The molecule has 1 N–H and O–H groups in total. The molecule has 1 aliphatic carbocycles. The van der Waals surface area contributed by atoms with Gasteiger partial charge in [-0.1, -0.05) is 17.7 Å². The molecule has 1 fully saturated rings. The number of rotatable bonds is 7. The van der Waals surface area contributed by atoms with Crippen molar-refractivity contribution < 1.29 is 21.4 Å².